The van der Waals surface area contributed by atoms with Gasteiger partial charge in [-0.25, -0.2) is 0 Å². The van der Waals surface area contributed by atoms with E-state index in [0.29, 0.717) is 0 Å². The summed E-state index contributed by atoms with van der Waals surface area (Å²) in [6.45, 7) is 6.18. The highest BCUT2D eigenvalue weighted by Crippen LogP contribution is 2.28. The molecule has 0 aliphatic rings. The Bertz CT molecular complexity index is 751. The van der Waals surface area contributed by atoms with Gasteiger partial charge in [-0.3, -0.25) is 4.40 Å². The molecule has 0 unspecified atom stereocenters. The van der Waals surface area contributed by atoms with Gasteiger partial charge in [-0.1, -0.05) is 19.1 Å². The van der Waals surface area contributed by atoms with Gasteiger partial charge >= 0.3 is 0 Å². The van der Waals surface area contributed by atoms with Gasteiger partial charge in [0.25, 0.3) is 0 Å². The first-order chi connectivity index (χ1) is 10.3. The van der Waals surface area contributed by atoms with E-state index in [2.05, 4.69) is 47.6 Å². The predicted molar refractivity (Wildman–Crippen MR) is 85.7 cm³/mol. The fourth-order valence-corrected chi connectivity index (χ4v) is 3.10. The summed E-state index contributed by atoms with van der Waals surface area (Å²) in [4.78, 5) is 1.19. The minimum absolute atomic E-state index is 0.875. The highest BCUT2D eigenvalue weighted by Gasteiger charge is 2.07. The Morgan fingerprint density at radius 1 is 1.19 bits per heavy atom. The molecule has 3 aromatic rings. The van der Waals surface area contributed by atoms with E-state index < -0.39 is 0 Å². The van der Waals surface area contributed by atoms with Gasteiger partial charge in [-0.05, 0) is 60.6 Å². The minimum Gasteiger partial charge on any atom is -0.313 e. The van der Waals surface area contributed by atoms with Crippen LogP contribution in [0.25, 0.3) is 5.65 Å². The van der Waals surface area contributed by atoms with Gasteiger partial charge in [-0.15, -0.1) is 10.2 Å². The summed E-state index contributed by atoms with van der Waals surface area (Å²) in [7, 11) is 0. The number of nitrogens with one attached hydrogen (secondary N) is 1. The second-order valence-electron chi connectivity index (χ2n) is 4.88. The zero-order valence-electron chi connectivity index (χ0n) is 12.2. The molecule has 0 saturated carbocycles. The SMILES string of the molecule is CCNCc1ccc(Sc2nnc3ccccn23)cc1C. The summed E-state index contributed by atoms with van der Waals surface area (Å²) < 4.78 is 2.01. The Labute approximate surface area is 128 Å². The van der Waals surface area contributed by atoms with Crippen LogP contribution in [-0.4, -0.2) is 21.1 Å². The predicted octanol–water partition coefficient (Wildman–Crippen LogP) is 3.30. The molecule has 4 nitrogen and oxygen atoms in total. The summed E-state index contributed by atoms with van der Waals surface area (Å²) >= 11 is 1.64. The van der Waals surface area contributed by atoms with Crippen LogP contribution in [0.5, 0.6) is 0 Å². The number of pyridine rings is 1. The van der Waals surface area contributed by atoms with Crippen molar-refractivity contribution in [2.75, 3.05) is 6.54 Å². The molecule has 0 aliphatic carbocycles. The van der Waals surface area contributed by atoms with E-state index in [1.807, 2.05) is 28.8 Å². The number of hydrogen-bond acceptors (Lipinski definition) is 4. The Balaban J connectivity index is 1.83. The third kappa shape index (κ3) is 3.09. The second-order valence-corrected chi connectivity index (χ2v) is 5.92. The average Bonchev–Trinajstić information content (AvgIpc) is 2.90. The molecule has 108 valence electrons. The molecule has 0 saturated heterocycles. The third-order valence-corrected chi connectivity index (χ3v) is 4.32. The smallest absolute Gasteiger partial charge is 0.200 e. The van der Waals surface area contributed by atoms with E-state index in [4.69, 9.17) is 0 Å². The molecule has 2 heterocycles. The van der Waals surface area contributed by atoms with E-state index >= 15 is 0 Å². The normalized spacial score (nSPS) is 11.1. The largest absolute Gasteiger partial charge is 0.313 e. The first-order valence-electron chi connectivity index (χ1n) is 7.06. The van der Waals surface area contributed by atoms with Crippen molar-refractivity contribution in [2.24, 2.45) is 0 Å². The van der Waals surface area contributed by atoms with Gasteiger partial charge in [0.2, 0.25) is 0 Å². The quantitative estimate of drug-likeness (QED) is 0.785. The molecule has 0 atom stereocenters. The molecule has 0 radical (unpaired) electrons. The van der Waals surface area contributed by atoms with Crippen molar-refractivity contribution in [3.8, 4) is 0 Å². The van der Waals surface area contributed by atoms with E-state index in [-0.39, 0.29) is 0 Å². The maximum Gasteiger partial charge on any atom is 0.200 e. The van der Waals surface area contributed by atoms with Crippen LogP contribution in [0.1, 0.15) is 18.1 Å². The zero-order valence-corrected chi connectivity index (χ0v) is 13.0. The maximum absolute atomic E-state index is 4.26. The highest BCUT2D eigenvalue weighted by atomic mass is 32.2. The van der Waals surface area contributed by atoms with Crippen LogP contribution in [0.3, 0.4) is 0 Å². The molecule has 2 aromatic heterocycles. The molecule has 0 aliphatic heterocycles. The van der Waals surface area contributed by atoms with Crippen LogP contribution in [0, 0.1) is 6.92 Å². The van der Waals surface area contributed by atoms with Crippen molar-refractivity contribution >= 4 is 17.4 Å². The van der Waals surface area contributed by atoms with E-state index in [0.717, 1.165) is 23.9 Å². The Kier molecular flexibility index (Phi) is 4.22. The van der Waals surface area contributed by atoms with Crippen molar-refractivity contribution in [3.63, 3.8) is 0 Å². The van der Waals surface area contributed by atoms with Crippen molar-refractivity contribution in [3.05, 3.63) is 53.7 Å². The average molecular weight is 298 g/mol. The molecule has 1 N–H and O–H groups in total. The van der Waals surface area contributed by atoms with Gasteiger partial charge in [0.15, 0.2) is 10.8 Å². The molecule has 0 spiro atoms. The van der Waals surface area contributed by atoms with Crippen LogP contribution in [0.4, 0.5) is 0 Å². The standard InChI is InChI=1S/C16H18N4S/c1-3-17-11-13-7-8-14(10-12(13)2)21-16-19-18-15-6-4-5-9-20(15)16/h4-10,17H,3,11H2,1-2H3. The van der Waals surface area contributed by atoms with Gasteiger partial charge < -0.3 is 5.32 Å². The summed E-state index contributed by atoms with van der Waals surface area (Å²) in [5, 5.41) is 12.7. The van der Waals surface area contributed by atoms with Crippen LogP contribution in [0.2, 0.25) is 0 Å². The number of nitrogens with zero attached hydrogens (tertiary/aromatic N) is 3. The van der Waals surface area contributed by atoms with E-state index in [1.54, 1.807) is 11.8 Å². The van der Waals surface area contributed by atoms with Gasteiger partial charge in [0.05, 0.1) is 0 Å². The Hall–Kier alpha value is -1.85. The van der Waals surface area contributed by atoms with Gasteiger partial charge in [0.1, 0.15) is 0 Å². The molecule has 0 amide bonds. The number of aromatic nitrogens is 3. The molecule has 0 bridgehead atoms. The molecule has 1 aromatic carbocycles. The number of fused-ring (bicyclic) bond motifs is 1. The number of aryl methyl sites for hydroxylation is 1. The summed E-state index contributed by atoms with van der Waals surface area (Å²) in [6.07, 6.45) is 1.99. The van der Waals surface area contributed by atoms with Crippen molar-refractivity contribution < 1.29 is 0 Å². The first-order valence-corrected chi connectivity index (χ1v) is 7.87. The molecular weight excluding hydrogens is 280 g/mol. The lowest BCUT2D eigenvalue weighted by molar-refractivity contribution is 0.723. The van der Waals surface area contributed by atoms with Gasteiger partial charge in [-0.2, -0.15) is 0 Å². The lowest BCUT2D eigenvalue weighted by Gasteiger charge is -2.08. The van der Waals surface area contributed by atoms with Crippen LogP contribution in [0.15, 0.2) is 52.6 Å². The van der Waals surface area contributed by atoms with Crippen LogP contribution < -0.4 is 5.32 Å². The summed E-state index contributed by atoms with van der Waals surface area (Å²) in [6, 6.07) is 12.5. The molecular formula is C16H18N4S. The molecule has 21 heavy (non-hydrogen) atoms. The third-order valence-electron chi connectivity index (χ3n) is 3.37. The van der Waals surface area contributed by atoms with Crippen molar-refractivity contribution in [1.82, 2.24) is 19.9 Å². The number of hydrogen-bond donors (Lipinski definition) is 1. The summed E-state index contributed by atoms with van der Waals surface area (Å²) in [5.74, 6) is 0. The molecule has 3 rings (SSSR count). The minimum atomic E-state index is 0.875. The molecule has 0 fully saturated rings. The molecule has 5 heteroatoms. The van der Waals surface area contributed by atoms with Crippen LogP contribution in [-0.2, 0) is 6.54 Å². The van der Waals surface area contributed by atoms with Crippen molar-refractivity contribution in [1.29, 1.82) is 0 Å². The Morgan fingerprint density at radius 2 is 2.10 bits per heavy atom. The van der Waals surface area contributed by atoms with Crippen molar-refractivity contribution in [2.45, 2.75) is 30.4 Å². The Morgan fingerprint density at radius 3 is 2.90 bits per heavy atom. The number of rotatable bonds is 5. The summed E-state index contributed by atoms with van der Waals surface area (Å²) in [5.41, 5.74) is 3.52. The first kappa shape index (κ1) is 14.1. The second kappa shape index (κ2) is 6.28. The monoisotopic (exact) mass is 298 g/mol. The lowest BCUT2D eigenvalue weighted by atomic mass is 10.1. The topological polar surface area (TPSA) is 42.2 Å². The zero-order chi connectivity index (χ0) is 14.7. The van der Waals surface area contributed by atoms with Crippen LogP contribution >= 0.6 is 11.8 Å². The highest BCUT2D eigenvalue weighted by molar-refractivity contribution is 7.99. The lowest BCUT2D eigenvalue weighted by Crippen LogP contribution is -2.12. The maximum atomic E-state index is 4.26. The van der Waals surface area contributed by atoms with E-state index in [1.165, 1.54) is 16.0 Å². The number of benzene rings is 1. The fraction of sp³-hybridized carbons (Fsp3) is 0.250. The van der Waals surface area contributed by atoms with Gasteiger partial charge in [0, 0.05) is 17.6 Å². The van der Waals surface area contributed by atoms with E-state index in [9.17, 15) is 0 Å². The fourth-order valence-electron chi connectivity index (χ4n) is 2.18.